The van der Waals surface area contributed by atoms with Crippen LogP contribution in [0.2, 0.25) is 0 Å². The van der Waals surface area contributed by atoms with Crippen molar-refractivity contribution in [3.63, 3.8) is 0 Å². The highest BCUT2D eigenvalue weighted by Crippen LogP contribution is 2.15. The van der Waals surface area contributed by atoms with Gasteiger partial charge < -0.3 is 11.5 Å². The molecule has 2 rings (SSSR count). The number of hydrogen-bond donors (Lipinski definition) is 2. The lowest BCUT2D eigenvalue weighted by Crippen LogP contribution is -1.99. The summed E-state index contributed by atoms with van der Waals surface area (Å²) < 4.78 is 0. The van der Waals surface area contributed by atoms with Gasteiger partial charge in [0, 0.05) is 11.6 Å². The van der Waals surface area contributed by atoms with Crippen molar-refractivity contribution >= 4 is 23.4 Å². The summed E-state index contributed by atoms with van der Waals surface area (Å²) in [6, 6.07) is 11.3. The van der Waals surface area contributed by atoms with Crippen molar-refractivity contribution in [3.05, 3.63) is 42.0 Å². The first-order valence-electron chi connectivity index (χ1n) is 5.31. The summed E-state index contributed by atoms with van der Waals surface area (Å²) in [6.45, 7) is 0. The number of anilines is 2. The van der Waals surface area contributed by atoms with Crippen molar-refractivity contribution in [3.8, 4) is 11.8 Å². The number of nitrogen functional groups attached to an aromatic ring is 2. The van der Waals surface area contributed by atoms with Crippen LogP contribution in [-0.4, -0.2) is 15.7 Å². The number of rotatable bonds is 2. The molecule has 0 saturated heterocycles. The lowest BCUT2D eigenvalue weighted by atomic mass is 10.2. The van der Waals surface area contributed by atoms with Crippen LogP contribution in [-0.2, 0) is 0 Å². The number of thioether (sulfide) groups is 1. The summed E-state index contributed by atoms with van der Waals surface area (Å²) in [4.78, 5) is 8.12. The summed E-state index contributed by atoms with van der Waals surface area (Å²) in [7, 11) is 0. The van der Waals surface area contributed by atoms with Crippen LogP contribution in [0, 0.1) is 11.8 Å². The maximum atomic E-state index is 5.57. The lowest BCUT2D eigenvalue weighted by Gasteiger charge is -1.99. The van der Waals surface area contributed by atoms with Crippen molar-refractivity contribution in [2.75, 3.05) is 17.2 Å². The van der Waals surface area contributed by atoms with Gasteiger partial charge in [-0.3, -0.25) is 0 Å². The molecule has 1 heterocycles. The standard InChI is InChI=1S/C13H12N4S/c14-11-9-12(15)17-13(16-11)18-8-4-7-10-5-2-1-3-6-10/h1-3,5-6,9H,8H2,(H4,14,15,16,17). The van der Waals surface area contributed by atoms with Gasteiger partial charge in [-0.15, -0.1) is 0 Å². The minimum absolute atomic E-state index is 0.376. The summed E-state index contributed by atoms with van der Waals surface area (Å²) in [5.74, 6) is 7.44. The fraction of sp³-hybridized carbons (Fsp3) is 0.0769. The van der Waals surface area contributed by atoms with Gasteiger partial charge in [0.25, 0.3) is 0 Å². The van der Waals surface area contributed by atoms with E-state index in [0.29, 0.717) is 22.5 Å². The molecule has 0 aliphatic heterocycles. The second kappa shape index (κ2) is 5.94. The molecule has 0 amide bonds. The number of nitrogens with two attached hydrogens (primary N) is 2. The first-order valence-corrected chi connectivity index (χ1v) is 6.29. The Hall–Kier alpha value is -2.19. The van der Waals surface area contributed by atoms with E-state index in [2.05, 4.69) is 21.8 Å². The molecule has 4 nitrogen and oxygen atoms in total. The third kappa shape index (κ3) is 3.68. The first-order chi connectivity index (χ1) is 8.74. The summed E-state index contributed by atoms with van der Waals surface area (Å²) in [6.07, 6.45) is 0. The SMILES string of the molecule is Nc1cc(N)nc(SCC#Cc2ccccc2)n1. The lowest BCUT2D eigenvalue weighted by molar-refractivity contribution is 0.987. The Balaban J connectivity index is 1.95. The number of nitrogens with zero attached hydrogens (tertiary/aromatic N) is 2. The van der Waals surface area contributed by atoms with Crippen LogP contribution in [0.1, 0.15) is 5.56 Å². The Morgan fingerprint density at radius 2 is 1.72 bits per heavy atom. The Bertz CT molecular complexity index is 567. The van der Waals surface area contributed by atoms with Crippen molar-refractivity contribution in [2.24, 2.45) is 0 Å². The maximum Gasteiger partial charge on any atom is 0.192 e. The Morgan fingerprint density at radius 3 is 2.39 bits per heavy atom. The minimum Gasteiger partial charge on any atom is -0.383 e. The molecule has 0 spiro atoms. The average molecular weight is 256 g/mol. The first kappa shape index (κ1) is 12.3. The summed E-state index contributed by atoms with van der Waals surface area (Å²) in [5, 5.41) is 0.551. The molecule has 0 aliphatic rings. The van der Waals surface area contributed by atoms with E-state index in [1.54, 1.807) is 0 Å². The van der Waals surface area contributed by atoms with Gasteiger partial charge in [0.15, 0.2) is 5.16 Å². The van der Waals surface area contributed by atoms with Gasteiger partial charge in [0.2, 0.25) is 0 Å². The number of benzene rings is 1. The maximum absolute atomic E-state index is 5.57. The van der Waals surface area contributed by atoms with E-state index in [0.717, 1.165) is 5.56 Å². The molecule has 90 valence electrons. The fourth-order valence-corrected chi connectivity index (χ4v) is 1.90. The second-order valence-corrected chi connectivity index (χ2v) is 4.40. The van der Waals surface area contributed by atoms with Crippen LogP contribution in [0.5, 0.6) is 0 Å². The number of aromatic nitrogens is 2. The van der Waals surface area contributed by atoms with Gasteiger partial charge in [-0.25, -0.2) is 9.97 Å². The number of hydrogen-bond acceptors (Lipinski definition) is 5. The highest BCUT2D eigenvalue weighted by atomic mass is 32.2. The van der Waals surface area contributed by atoms with Gasteiger partial charge >= 0.3 is 0 Å². The molecule has 2 aromatic rings. The zero-order valence-corrected chi connectivity index (χ0v) is 10.4. The predicted molar refractivity (Wildman–Crippen MR) is 74.9 cm³/mol. The van der Waals surface area contributed by atoms with E-state index >= 15 is 0 Å². The van der Waals surface area contributed by atoms with E-state index in [4.69, 9.17) is 11.5 Å². The van der Waals surface area contributed by atoms with Crippen molar-refractivity contribution in [1.29, 1.82) is 0 Å². The largest absolute Gasteiger partial charge is 0.383 e. The minimum atomic E-state index is 0.376. The zero-order chi connectivity index (χ0) is 12.8. The molecule has 4 N–H and O–H groups in total. The molecule has 1 aromatic carbocycles. The molecular weight excluding hydrogens is 244 g/mol. The van der Waals surface area contributed by atoms with Crippen molar-refractivity contribution < 1.29 is 0 Å². The normalized spacial score (nSPS) is 9.56. The van der Waals surface area contributed by atoms with Crippen LogP contribution < -0.4 is 11.5 Å². The van der Waals surface area contributed by atoms with Crippen LogP contribution >= 0.6 is 11.8 Å². The highest BCUT2D eigenvalue weighted by molar-refractivity contribution is 7.99. The topological polar surface area (TPSA) is 77.8 Å². The highest BCUT2D eigenvalue weighted by Gasteiger charge is 1.99. The monoisotopic (exact) mass is 256 g/mol. The molecule has 0 unspecified atom stereocenters. The van der Waals surface area contributed by atoms with E-state index in [1.807, 2.05) is 30.3 Å². The molecular formula is C13H12N4S. The third-order valence-corrected chi connectivity index (χ3v) is 2.75. The van der Waals surface area contributed by atoms with Gasteiger partial charge in [0.1, 0.15) is 11.6 Å². The van der Waals surface area contributed by atoms with E-state index < -0.39 is 0 Å². The Morgan fingerprint density at radius 1 is 1.06 bits per heavy atom. The molecule has 18 heavy (non-hydrogen) atoms. The molecule has 0 fully saturated rings. The van der Waals surface area contributed by atoms with Gasteiger partial charge in [0.05, 0.1) is 5.75 Å². The molecule has 0 atom stereocenters. The Kier molecular flexibility index (Phi) is 4.05. The molecule has 0 saturated carbocycles. The van der Waals surface area contributed by atoms with Gasteiger partial charge in [-0.1, -0.05) is 41.8 Å². The van der Waals surface area contributed by atoms with Crippen LogP contribution in [0.25, 0.3) is 0 Å². The van der Waals surface area contributed by atoms with Crippen LogP contribution in [0.4, 0.5) is 11.6 Å². The van der Waals surface area contributed by atoms with Crippen molar-refractivity contribution in [1.82, 2.24) is 9.97 Å². The second-order valence-electron chi connectivity index (χ2n) is 3.46. The third-order valence-electron chi connectivity index (χ3n) is 2.03. The summed E-state index contributed by atoms with van der Waals surface area (Å²) in [5.41, 5.74) is 12.1. The molecule has 0 aliphatic carbocycles. The predicted octanol–water partition coefficient (Wildman–Crippen LogP) is 1.78. The van der Waals surface area contributed by atoms with Gasteiger partial charge in [-0.2, -0.15) is 0 Å². The van der Waals surface area contributed by atoms with Crippen molar-refractivity contribution in [2.45, 2.75) is 5.16 Å². The van der Waals surface area contributed by atoms with E-state index in [-0.39, 0.29) is 0 Å². The van der Waals surface area contributed by atoms with E-state index in [1.165, 1.54) is 17.8 Å². The molecule has 5 heteroatoms. The molecule has 0 bridgehead atoms. The zero-order valence-electron chi connectivity index (χ0n) is 9.63. The quantitative estimate of drug-likeness (QED) is 0.486. The average Bonchev–Trinajstić information content (AvgIpc) is 2.35. The molecule has 0 radical (unpaired) electrons. The van der Waals surface area contributed by atoms with Crippen LogP contribution in [0.15, 0.2) is 41.6 Å². The molecule has 1 aromatic heterocycles. The van der Waals surface area contributed by atoms with Gasteiger partial charge in [-0.05, 0) is 12.1 Å². The smallest absolute Gasteiger partial charge is 0.192 e. The van der Waals surface area contributed by atoms with Crippen LogP contribution in [0.3, 0.4) is 0 Å². The van der Waals surface area contributed by atoms with E-state index in [9.17, 15) is 0 Å². The summed E-state index contributed by atoms with van der Waals surface area (Å²) >= 11 is 1.41. The fourth-order valence-electron chi connectivity index (χ4n) is 1.29. The Labute approximate surface area is 110 Å².